The van der Waals surface area contributed by atoms with Crippen LogP contribution in [0.5, 0.6) is 0 Å². The number of nitrogens with one attached hydrogen (secondary N) is 1. The molecule has 1 aliphatic heterocycles. The van der Waals surface area contributed by atoms with Crippen LogP contribution in [0.1, 0.15) is 0 Å². The van der Waals surface area contributed by atoms with Crippen molar-refractivity contribution in [2.75, 3.05) is 6.61 Å². The average molecular weight is 314 g/mol. The molecule has 0 spiro atoms. The van der Waals surface area contributed by atoms with Crippen LogP contribution in [0.2, 0.25) is 0 Å². The van der Waals surface area contributed by atoms with Crippen molar-refractivity contribution in [2.24, 2.45) is 5.10 Å². The first-order chi connectivity index (χ1) is 10.6. The Morgan fingerprint density at radius 2 is 2.09 bits per heavy atom. The molecule has 1 N–H and O–H groups in total. The van der Waals surface area contributed by atoms with E-state index in [0.29, 0.717) is 10.6 Å². The van der Waals surface area contributed by atoms with Crippen LogP contribution in [0.3, 0.4) is 0 Å². The number of aromatic amines is 1. The fourth-order valence-corrected chi connectivity index (χ4v) is 2.01. The van der Waals surface area contributed by atoms with Gasteiger partial charge in [0.1, 0.15) is 5.76 Å². The van der Waals surface area contributed by atoms with Gasteiger partial charge >= 0.3 is 0 Å². The number of carbonyl (C=O) groups excluding carboxylic acids is 2. The summed E-state index contributed by atoms with van der Waals surface area (Å²) >= 11 is 5.13. The SMILES string of the molecule is O=C1C=C(/C=N/n2c(-c3ccccc3)n[nH]c2=S)OCC1=O. The molecule has 0 amide bonds. The molecule has 1 aromatic heterocycles. The lowest BCUT2D eigenvalue weighted by atomic mass is 10.2. The molecule has 2 heterocycles. The minimum atomic E-state index is -0.605. The lowest BCUT2D eigenvalue weighted by Gasteiger charge is -2.09. The van der Waals surface area contributed by atoms with Crippen LogP contribution in [0.25, 0.3) is 11.4 Å². The lowest BCUT2D eigenvalue weighted by Crippen LogP contribution is -2.23. The Kier molecular flexibility index (Phi) is 3.75. The summed E-state index contributed by atoms with van der Waals surface area (Å²) in [7, 11) is 0. The highest BCUT2D eigenvalue weighted by Gasteiger charge is 2.19. The Hall–Kier alpha value is -2.87. The third-order valence-corrected chi connectivity index (χ3v) is 3.17. The topological polar surface area (TPSA) is 89.3 Å². The maximum Gasteiger partial charge on any atom is 0.240 e. The van der Waals surface area contributed by atoms with E-state index in [4.69, 9.17) is 17.0 Å². The molecule has 2 aromatic rings. The standard InChI is InChI=1S/C14H10N4O3S/c19-11-6-10(21-8-12(11)20)7-15-18-13(16-17-14(18)22)9-4-2-1-3-5-9/h1-7H,8H2,(H,17,22)/b15-7+. The number of benzene rings is 1. The maximum atomic E-state index is 11.3. The molecular weight excluding hydrogens is 304 g/mol. The number of hydrogen-bond acceptors (Lipinski definition) is 6. The van der Waals surface area contributed by atoms with Crippen LogP contribution in [-0.4, -0.2) is 39.3 Å². The average Bonchev–Trinajstić information content (AvgIpc) is 2.90. The van der Waals surface area contributed by atoms with Crippen molar-refractivity contribution < 1.29 is 14.3 Å². The second-order valence-corrected chi connectivity index (χ2v) is 4.78. The highest BCUT2D eigenvalue weighted by Crippen LogP contribution is 2.16. The van der Waals surface area contributed by atoms with E-state index in [0.717, 1.165) is 11.6 Å². The van der Waals surface area contributed by atoms with Crippen molar-refractivity contribution in [3.05, 3.63) is 46.9 Å². The molecule has 0 aliphatic carbocycles. The lowest BCUT2D eigenvalue weighted by molar-refractivity contribution is -0.137. The first-order valence-corrected chi connectivity index (χ1v) is 6.75. The minimum absolute atomic E-state index is 0.201. The van der Waals surface area contributed by atoms with Crippen LogP contribution >= 0.6 is 12.2 Å². The summed E-state index contributed by atoms with van der Waals surface area (Å²) in [5, 5.41) is 10.9. The van der Waals surface area contributed by atoms with E-state index < -0.39 is 11.6 Å². The number of allylic oxidation sites excluding steroid dienone is 2. The van der Waals surface area contributed by atoms with E-state index in [2.05, 4.69) is 15.3 Å². The van der Waals surface area contributed by atoms with Gasteiger partial charge in [0.05, 0.1) is 6.21 Å². The Morgan fingerprint density at radius 3 is 2.82 bits per heavy atom. The van der Waals surface area contributed by atoms with Crippen molar-refractivity contribution in [1.29, 1.82) is 0 Å². The van der Waals surface area contributed by atoms with E-state index in [1.165, 1.54) is 10.9 Å². The van der Waals surface area contributed by atoms with Gasteiger partial charge in [0.2, 0.25) is 16.3 Å². The Bertz CT molecular complexity index is 848. The van der Waals surface area contributed by atoms with E-state index in [1.807, 2.05) is 30.3 Å². The molecule has 3 rings (SSSR count). The Labute approximate surface area is 129 Å². The summed E-state index contributed by atoms with van der Waals surface area (Å²) < 4.78 is 6.82. The molecule has 110 valence electrons. The number of nitrogens with zero attached hydrogens (tertiary/aromatic N) is 3. The predicted octanol–water partition coefficient (Wildman–Crippen LogP) is 1.49. The first-order valence-electron chi connectivity index (χ1n) is 6.34. The second-order valence-electron chi connectivity index (χ2n) is 4.40. The number of Topliss-reactive ketones (excluding diaryl/α,β-unsaturated/α-hetero) is 1. The monoisotopic (exact) mass is 314 g/mol. The molecule has 7 nitrogen and oxygen atoms in total. The van der Waals surface area contributed by atoms with E-state index in [1.54, 1.807) is 0 Å². The molecule has 22 heavy (non-hydrogen) atoms. The summed E-state index contributed by atoms with van der Waals surface area (Å²) in [6.45, 7) is -0.279. The molecule has 0 radical (unpaired) electrons. The van der Waals surface area contributed by atoms with Gasteiger partial charge in [-0.15, -0.1) is 0 Å². The van der Waals surface area contributed by atoms with Gasteiger partial charge in [-0.05, 0) is 12.2 Å². The quantitative estimate of drug-likeness (QED) is 0.527. The Morgan fingerprint density at radius 1 is 1.32 bits per heavy atom. The summed E-state index contributed by atoms with van der Waals surface area (Å²) in [6, 6.07) is 9.38. The minimum Gasteiger partial charge on any atom is -0.483 e. The van der Waals surface area contributed by atoms with E-state index in [-0.39, 0.29) is 12.4 Å². The zero-order valence-corrected chi connectivity index (χ0v) is 12.0. The molecule has 8 heteroatoms. The molecule has 0 saturated heterocycles. The van der Waals surface area contributed by atoms with Gasteiger partial charge in [-0.3, -0.25) is 9.59 Å². The van der Waals surface area contributed by atoms with Crippen LogP contribution in [0.4, 0.5) is 0 Å². The molecule has 1 aromatic carbocycles. The van der Waals surface area contributed by atoms with Crippen molar-refractivity contribution in [1.82, 2.24) is 14.9 Å². The number of ketones is 2. The highest BCUT2D eigenvalue weighted by atomic mass is 32.1. The molecule has 0 fully saturated rings. The van der Waals surface area contributed by atoms with Gasteiger partial charge < -0.3 is 4.74 Å². The van der Waals surface area contributed by atoms with Crippen LogP contribution in [0.15, 0.2) is 47.3 Å². The second kappa shape index (κ2) is 5.86. The van der Waals surface area contributed by atoms with Crippen LogP contribution < -0.4 is 0 Å². The summed E-state index contributed by atoms with van der Waals surface area (Å²) in [5.41, 5.74) is 0.830. The molecule has 0 bridgehead atoms. The number of H-pyrrole nitrogens is 1. The third-order valence-electron chi connectivity index (χ3n) is 2.90. The number of ether oxygens (including phenoxy) is 1. The number of aromatic nitrogens is 3. The van der Waals surface area contributed by atoms with Gasteiger partial charge in [0, 0.05) is 11.6 Å². The largest absolute Gasteiger partial charge is 0.483 e. The van der Waals surface area contributed by atoms with Gasteiger partial charge in [0.25, 0.3) is 0 Å². The van der Waals surface area contributed by atoms with Crippen LogP contribution in [0, 0.1) is 4.77 Å². The maximum absolute atomic E-state index is 11.3. The number of carbonyl (C=O) groups is 2. The predicted molar refractivity (Wildman–Crippen MR) is 80.8 cm³/mol. The summed E-state index contributed by atoms with van der Waals surface area (Å²) in [4.78, 5) is 22.4. The molecule has 0 unspecified atom stereocenters. The number of hydrogen-bond donors (Lipinski definition) is 1. The van der Waals surface area contributed by atoms with Gasteiger partial charge in [-0.25, -0.2) is 5.10 Å². The zero-order chi connectivity index (χ0) is 15.5. The molecule has 1 aliphatic rings. The van der Waals surface area contributed by atoms with Gasteiger partial charge in [0.15, 0.2) is 12.4 Å². The zero-order valence-electron chi connectivity index (χ0n) is 11.2. The molecular formula is C14H10N4O3S. The van der Waals surface area contributed by atoms with E-state index in [9.17, 15) is 9.59 Å². The first kappa shape index (κ1) is 14.1. The van der Waals surface area contributed by atoms with E-state index >= 15 is 0 Å². The van der Waals surface area contributed by atoms with Crippen LogP contribution in [-0.2, 0) is 14.3 Å². The molecule has 0 saturated carbocycles. The fraction of sp³-hybridized carbons (Fsp3) is 0.0714. The van der Waals surface area contributed by atoms with Gasteiger partial charge in [-0.2, -0.15) is 14.9 Å². The van der Waals surface area contributed by atoms with Crippen molar-refractivity contribution in [3.8, 4) is 11.4 Å². The van der Waals surface area contributed by atoms with Crippen molar-refractivity contribution in [2.45, 2.75) is 0 Å². The van der Waals surface area contributed by atoms with Crippen molar-refractivity contribution in [3.63, 3.8) is 0 Å². The summed E-state index contributed by atoms with van der Waals surface area (Å²) in [5.74, 6) is -0.457. The molecule has 0 atom stereocenters. The number of rotatable bonds is 3. The summed E-state index contributed by atoms with van der Waals surface area (Å²) in [6.07, 6.45) is 2.42. The normalized spacial score (nSPS) is 15.0. The smallest absolute Gasteiger partial charge is 0.240 e. The highest BCUT2D eigenvalue weighted by molar-refractivity contribution is 7.71. The Balaban J connectivity index is 1.94. The van der Waals surface area contributed by atoms with Crippen molar-refractivity contribution >= 4 is 30.0 Å². The fourth-order valence-electron chi connectivity index (χ4n) is 1.83. The van der Waals surface area contributed by atoms with Gasteiger partial charge in [-0.1, -0.05) is 30.3 Å². The third kappa shape index (κ3) is 2.77.